The molecule has 0 bridgehead atoms. The lowest BCUT2D eigenvalue weighted by Gasteiger charge is -2.11. The first kappa shape index (κ1) is 12.9. The monoisotopic (exact) mass is 248 g/mol. The van der Waals surface area contributed by atoms with Gasteiger partial charge in [0.05, 0.1) is 12.7 Å². The maximum Gasteiger partial charge on any atom is 0.385 e. The van der Waals surface area contributed by atoms with Crippen molar-refractivity contribution in [2.75, 3.05) is 7.11 Å². The van der Waals surface area contributed by atoms with E-state index in [4.69, 9.17) is 16.3 Å². The number of aryl methyl sites for hydroxylation is 1. The number of benzene rings is 1. The lowest BCUT2D eigenvalue weighted by Crippen LogP contribution is -2.22. The number of ether oxygens (including phenoxy) is 1. The van der Waals surface area contributed by atoms with E-state index >= 15 is 0 Å². The van der Waals surface area contributed by atoms with Crippen molar-refractivity contribution in [1.82, 2.24) is 0 Å². The van der Waals surface area contributed by atoms with E-state index in [-0.39, 0.29) is 11.3 Å². The van der Waals surface area contributed by atoms with Crippen LogP contribution in [-0.2, 0) is 6.42 Å². The molecule has 0 amide bonds. The second-order valence-electron chi connectivity index (χ2n) is 3.22. The summed E-state index contributed by atoms with van der Waals surface area (Å²) in [6.45, 7) is 1.86. The van der Waals surface area contributed by atoms with Crippen molar-refractivity contribution in [2.45, 2.75) is 18.7 Å². The molecule has 0 unspecified atom stereocenters. The van der Waals surface area contributed by atoms with Crippen LogP contribution in [0.2, 0.25) is 0 Å². The quantitative estimate of drug-likeness (QED) is 0.604. The summed E-state index contributed by atoms with van der Waals surface area (Å²) in [6.07, 6.45) is 0.637. The highest BCUT2D eigenvalue weighted by Gasteiger charge is 2.38. The largest absolute Gasteiger partial charge is 0.496 e. The third-order valence-corrected chi connectivity index (χ3v) is 2.35. The molecule has 0 fully saturated rings. The normalized spacial score (nSPS) is 11.3. The van der Waals surface area contributed by atoms with Gasteiger partial charge in [-0.1, -0.05) is 13.0 Å². The second-order valence-corrected chi connectivity index (χ2v) is 3.69. The van der Waals surface area contributed by atoms with Gasteiger partial charge in [-0.2, -0.15) is 8.78 Å². The summed E-state index contributed by atoms with van der Waals surface area (Å²) >= 11 is 4.70. The predicted octanol–water partition coefficient (Wildman–Crippen LogP) is 3.27. The minimum Gasteiger partial charge on any atom is -0.496 e. The summed E-state index contributed by atoms with van der Waals surface area (Å²) in [4.78, 5) is 11.4. The minimum absolute atomic E-state index is 0.0996. The summed E-state index contributed by atoms with van der Waals surface area (Å²) in [5.41, 5.74) is 0.576. The van der Waals surface area contributed by atoms with Gasteiger partial charge < -0.3 is 4.74 Å². The Morgan fingerprint density at radius 2 is 2.12 bits per heavy atom. The summed E-state index contributed by atoms with van der Waals surface area (Å²) in [5, 5.41) is -3.90. The Morgan fingerprint density at radius 3 is 2.56 bits per heavy atom. The Hall–Kier alpha value is -1.16. The Bertz CT molecular complexity index is 399. The molecule has 1 aromatic carbocycles. The Labute approximate surface area is 97.2 Å². The van der Waals surface area contributed by atoms with Gasteiger partial charge in [0.15, 0.2) is 0 Å². The fourth-order valence-electron chi connectivity index (χ4n) is 1.31. The number of carbonyl (C=O) groups excluding carboxylic acids is 1. The van der Waals surface area contributed by atoms with Crippen LogP contribution in [0.3, 0.4) is 0 Å². The molecule has 0 aliphatic carbocycles. The zero-order valence-corrected chi connectivity index (χ0v) is 9.65. The summed E-state index contributed by atoms with van der Waals surface area (Å²) < 4.78 is 30.3. The van der Waals surface area contributed by atoms with E-state index in [1.54, 1.807) is 6.07 Å². The van der Waals surface area contributed by atoms with Gasteiger partial charge >= 0.3 is 5.38 Å². The van der Waals surface area contributed by atoms with Gasteiger partial charge in [0.2, 0.25) is 0 Å². The number of methoxy groups -OCH3 is 1. The smallest absolute Gasteiger partial charge is 0.385 e. The minimum atomic E-state index is -3.90. The van der Waals surface area contributed by atoms with E-state index in [9.17, 15) is 13.6 Å². The van der Waals surface area contributed by atoms with Gasteiger partial charge in [0.25, 0.3) is 5.78 Å². The molecule has 0 aromatic heterocycles. The molecule has 88 valence electrons. The van der Waals surface area contributed by atoms with Crippen LogP contribution in [-0.4, -0.2) is 18.3 Å². The Kier molecular flexibility index (Phi) is 3.86. The molecule has 1 rings (SSSR count). The number of hydrogen-bond donors (Lipinski definition) is 0. The molecule has 0 heterocycles. The van der Waals surface area contributed by atoms with Crippen LogP contribution < -0.4 is 4.74 Å². The first-order chi connectivity index (χ1) is 7.40. The molecule has 0 saturated heterocycles. The molecule has 16 heavy (non-hydrogen) atoms. The van der Waals surface area contributed by atoms with E-state index in [0.717, 1.165) is 5.56 Å². The van der Waals surface area contributed by atoms with Crippen molar-refractivity contribution < 1.29 is 18.3 Å². The van der Waals surface area contributed by atoms with Crippen molar-refractivity contribution in [2.24, 2.45) is 0 Å². The van der Waals surface area contributed by atoms with E-state index in [0.29, 0.717) is 6.42 Å². The van der Waals surface area contributed by atoms with Crippen molar-refractivity contribution in [3.63, 3.8) is 0 Å². The van der Waals surface area contributed by atoms with Crippen LogP contribution in [0, 0.1) is 0 Å². The molecular weight excluding hydrogens is 238 g/mol. The molecule has 0 aliphatic heterocycles. The fraction of sp³-hybridized carbons (Fsp3) is 0.364. The fourth-order valence-corrected chi connectivity index (χ4v) is 1.41. The van der Waals surface area contributed by atoms with Crippen LogP contribution in [0.15, 0.2) is 18.2 Å². The molecule has 0 radical (unpaired) electrons. The number of carbonyl (C=O) groups is 1. The second kappa shape index (κ2) is 4.78. The van der Waals surface area contributed by atoms with Crippen LogP contribution in [0.1, 0.15) is 22.8 Å². The maximum atomic E-state index is 12.7. The van der Waals surface area contributed by atoms with Crippen LogP contribution >= 0.6 is 11.6 Å². The summed E-state index contributed by atoms with van der Waals surface area (Å²) in [5.74, 6) is -1.34. The summed E-state index contributed by atoms with van der Waals surface area (Å²) in [7, 11) is 1.31. The maximum absolute atomic E-state index is 12.7. The molecule has 0 spiro atoms. The lowest BCUT2D eigenvalue weighted by molar-refractivity contribution is 0.0533. The zero-order chi connectivity index (χ0) is 12.3. The number of hydrogen-bond acceptors (Lipinski definition) is 2. The molecule has 5 heteroatoms. The zero-order valence-electron chi connectivity index (χ0n) is 8.89. The average molecular weight is 249 g/mol. The van der Waals surface area contributed by atoms with Gasteiger partial charge in [-0.3, -0.25) is 4.79 Å². The highest BCUT2D eigenvalue weighted by Crippen LogP contribution is 2.30. The van der Waals surface area contributed by atoms with E-state index in [1.165, 1.54) is 19.2 Å². The molecule has 0 aliphatic rings. The van der Waals surface area contributed by atoms with Gasteiger partial charge in [-0.05, 0) is 35.7 Å². The van der Waals surface area contributed by atoms with Crippen molar-refractivity contribution in [3.05, 3.63) is 29.3 Å². The predicted molar refractivity (Wildman–Crippen MR) is 57.5 cm³/mol. The lowest BCUT2D eigenvalue weighted by atomic mass is 10.0. The topological polar surface area (TPSA) is 26.3 Å². The van der Waals surface area contributed by atoms with Crippen LogP contribution in [0.5, 0.6) is 5.75 Å². The first-order valence-corrected chi connectivity index (χ1v) is 5.06. The number of halogens is 3. The van der Waals surface area contributed by atoms with Crippen LogP contribution in [0.25, 0.3) is 0 Å². The molecule has 0 N–H and O–H groups in total. The Morgan fingerprint density at radius 1 is 1.50 bits per heavy atom. The van der Waals surface area contributed by atoms with Crippen molar-refractivity contribution >= 4 is 17.4 Å². The Balaban J connectivity index is 3.24. The first-order valence-electron chi connectivity index (χ1n) is 4.68. The van der Waals surface area contributed by atoms with E-state index < -0.39 is 11.2 Å². The molecule has 0 atom stereocenters. The number of alkyl halides is 3. The standard InChI is InChI=1S/C11H11ClF2O2/c1-3-7-4-5-9(16-2)8(6-7)10(15)11(12,13)14/h4-6H,3H2,1-2H3. The van der Waals surface area contributed by atoms with E-state index in [1.807, 2.05) is 6.92 Å². The number of Topliss-reactive ketones (excluding diaryl/α,β-unsaturated/α-hetero) is 1. The molecule has 0 saturated carbocycles. The van der Waals surface area contributed by atoms with Gasteiger partial charge in [0.1, 0.15) is 5.75 Å². The molecular formula is C11H11ClF2O2. The number of ketones is 1. The molecule has 1 aromatic rings. The highest BCUT2D eigenvalue weighted by molar-refractivity contribution is 6.35. The van der Waals surface area contributed by atoms with Crippen molar-refractivity contribution in [1.29, 1.82) is 0 Å². The van der Waals surface area contributed by atoms with Crippen LogP contribution in [0.4, 0.5) is 8.78 Å². The van der Waals surface area contributed by atoms with Gasteiger partial charge in [0, 0.05) is 0 Å². The molecule has 2 nitrogen and oxygen atoms in total. The highest BCUT2D eigenvalue weighted by atomic mass is 35.5. The third kappa shape index (κ3) is 2.70. The van der Waals surface area contributed by atoms with Crippen molar-refractivity contribution in [3.8, 4) is 5.75 Å². The summed E-state index contributed by atoms with van der Waals surface area (Å²) in [6, 6.07) is 4.56. The SMILES string of the molecule is CCc1ccc(OC)c(C(=O)C(F)(F)Cl)c1. The van der Waals surface area contributed by atoms with Gasteiger partial charge in [-0.25, -0.2) is 0 Å². The number of rotatable bonds is 4. The van der Waals surface area contributed by atoms with Gasteiger partial charge in [-0.15, -0.1) is 0 Å². The third-order valence-electron chi connectivity index (χ3n) is 2.17. The van der Waals surface area contributed by atoms with E-state index in [2.05, 4.69) is 0 Å². The average Bonchev–Trinajstić information content (AvgIpc) is 2.25.